The Hall–Kier alpha value is -1.11. The molecule has 0 aliphatic heterocycles. The molecule has 0 saturated heterocycles. The average molecular weight is 214 g/mol. The first-order valence-electron chi connectivity index (χ1n) is 6.30. The Balaban J connectivity index is 2.01. The van der Waals surface area contributed by atoms with E-state index in [9.17, 15) is 4.79 Å². The number of hydrogen-bond donors (Lipinski definition) is 0. The molecule has 1 heteroatoms. The van der Waals surface area contributed by atoms with Crippen molar-refractivity contribution >= 4 is 6.29 Å². The van der Waals surface area contributed by atoms with Crippen LogP contribution in [0, 0.1) is 18.8 Å². The molecule has 2 saturated carbocycles. The predicted molar refractivity (Wildman–Crippen MR) is 64.4 cm³/mol. The molecular weight excluding hydrogens is 196 g/mol. The van der Waals surface area contributed by atoms with Gasteiger partial charge in [-0.25, -0.2) is 0 Å². The van der Waals surface area contributed by atoms with Gasteiger partial charge in [0.15, 0.2) is 0 Å². The van der Waals surface area contributed by atoms with E-state index in [0.717, 1.165) is 12.3 Å². The number of benzene rings is 1. The van der Waals surface area contributed by atoms with Crippen LogP contribution < -0.4 is 0 Å². The van der Waals surface area contributed by atoms with Crippen LogP contribution in [0.4, 0.5) is 0 Å². The third-order valence-electron chi connectivity index (χ3n) is 4.70. The zero-order valence-corrected chi connectivity index (χ0v) is 9.78. The second-order valence-electron chi connectivity index (χ2n) is 5.43. The molecule has 0 spiro atoms. The summed E-state index contributed by atoms with van der Waals surface area (Å²) in [5.74, 6) is 1.06. The van der Waals surface area contributed by atoms with Gasteiger partial charge in [-0.05, 0) is 43.2 Å². The standard InChI is InChI=1S/C15H18O/c1-11-5-2-3-8-14(11)15(9-13(15)10-16)12-6-4-7-12/h2-3,5,8,10,12-13H,4,6-7,9H2,1H3. The smallest absolute Gasteiger partial charge is 0.124 e. The van der Waals surface area contributed by atoms with Crippen LogP contribution >= 0.6 is 0 Å². The molecule has 1 aromatic carbocycles. The minimum absolute atomic E-state index is 0.228. The fourth-order valence-corrected chi connectivity index (χ4v) is 3.49. The van der Waals surface area contributed by atoms with Gasteiger partial charge in [-0.1, -0.05) is 30.7 Å². The number of aryl methyl sites for hydroxylation is 1. The van der Waals surface area contributed by atoms with E-state index < -0.39 is 0 Å². The zero-order valence-electron chi connectivity index (χ0n) is 9.78. The van der Waals surface area contributed by atoms with Crippen LogP contribution in [0.1, 0.15) is 36.8 Å². The third-order valence-corrected chi connectivity index (χ3v) is 4.70. The molecule has 1 aromatic rings. The first-order chi connectivity index (χ1) is 7.79. The molecule has 0 N–H and O–H groups in total. The topological polar surface area (TPSA) is 17.1 Å². The molecule has 2 fully saturated rings. The molecule has 0 amide bonds. The highest BCUT2D eigenvalue weighted by Gasteiger charge is 2.61. The van der Waals surface area contributed by atoms with Crippen LogP contribution in [0.15, 0.2) is 24.3 Å². The first kappa shape index (κ1) is 10.1. The van der Waals surface area contributed by atoms with E-state index in [4.69, 9.17) is 0 Å². The van der Waals surface area contributed by atoms with Gasteiger partial charge in [0.1, 0.15) is 6.29 Å². The maximum Gasteiger partial charge on any atom is 0.124 e. The maximum atomic E-state index is 11.1. The van der Waals surface area contributed by atoms with Crippen molar-refractivity contribution in [3.05, 3.63) is 35.4 Å². The Labute approximate surface area is 96.9 Å². The largest absolute Gasteiger partial charge is 0.303 e. The van der Waals surface area contributed by atoms with Crippen molar-refractivity contribution in [2.24, 2.45) is 11.8 Å². The molecule has 0 heterocycles. The Bertz CT molecular complexity index is 419. The lowest BCUT2D eigenvalue weighted by Crippen LogP contribution is -2.29. The number of carbonyl (C=O) groups excluding carboxylic acids is 1. The van der Waals surface area contributed by atoms with E-state index in [1.54, 1.807) is 0 Å². The van der Waals surface area contributed by atoms with Gasteiger partial charge in [0.2, 0.25) is 0 Å². The van der Waals surface area contributed by atoms with Crippen LogP contribution in [0.2, 0.25) is 0 Å². The molecule has 84 valence electrons. The van der Waals surface area contributed by atoms with Gasteiger partial charge in [0.25, 0.3) is 0 Å². The average Bonchev–Trinajstić information content (AvgIpc) is 2.91. The van der Waals surface area contributed by atoms with Gasteiger partial charge in [-0.15, -0.1) is 0 Å². The third kappa shape index (κ3) is 1.20. The van der Waals surface area contributed by atoms with Gasteiger partial charge < -0.3 is 4.79 Å². The highest BCUT2D eigenvalue weighted by Crippen LogP contribution is 2.63. The normalized spacial score (nSPS) is 33.2. The highest BCUT2D eigenvalue weighted by molar-refractivity contribution is 5.65. The van der Waals surface area contributed by atoms with Crippen molar-refractivity contribution in [2.45, 2.75) is 38.0 Å². The summed E-state index contributed by atoms with van der Waals surface area (Å²) < 4.78 is 0. The highest BCUT2D eigenvalue weighted by atomic mass is 16.1. The van der Waals surface area contributed by atoms with Crippen molar-refractivity contribution in [1.29, 1.82) is 0 Å². The van der Waals surface area contributed by atoms with E-state index in [1.807, 2.05) is 0 Å². The fraction of sp³-hybridized carbons (Fsp3) is 0.533. The summed E-state index contributed by atoms with van der Waals surface area (Å²) in [6.07, 6.45) is 6.26. The molecule has 16 heavy (non-hydrogen) atoms. The van der Waals surface area contributed by atoms with Gasteiger partial charge in [0.05, 0.1) is 0 Å². The molecule has 2 unspecified atom stereocenters. The van der Waals surface area contributed by atoms with Crippen LogP contribution in [-0.2, 0) is 10.2 Å². The summed E-state index contributed by atoms with van der Waals surface area (Å²) in [4.78, 5) is 11.1. The van der Waals surface area contributed by atoms with E-state index in [0.29, 0.717) is 5.92 Å². The van der Waals surface area contributed by atoms with Crippen LogP contribution in [0.3, 0.4) is 0 Å². The molecule has 2 aliphatic rings. The predicted octanol–water partition coefficient (Wildman–Crippen LogP) is 3.25. The van der Waals surface area contributed by atoms with Crippen LogP contribution in [0.25, 0.3) is 0 Å². The van der Waals surface area contributed by atoms with Crippen molar-refractivity contribution < 1.29 is 4.79 Å². The fourth-order valence-electron chi connectivity index (χ4n) is 3.49. The molecule has 2 aliphatic carbocycles. The van der Waals surface area contributed by atoms with Crippen molar-refractivity contribution in [1.82, 2.24) is 0 Å². The first-order valence-corrected chi connectivity index (χ1v) is 6.30. The van der Waals surface area contributed by atoms with Crippen LogP contribution in [-0.4, -0.2) is 6.29 Å². The SMILES string of the molecule is Cc1ccccc1C1(C2CCC2)CC1C=O. The quantitative estimate of drug-likeness (QED) is 0.706. The van der Waals surface area contributed by atoms with Gasteiger partial charge >= 0.3 is 0 Å². The lowest BCUT2D eigenvalue weighted by Gasteiger charge is -2.36. The molecular formula is C15H18O. The van der Waals surface area contributed by atoms with Crippen molar-refractivity contribution in [3.8, 4) is 0 Å². The number of hydrogen-bond acceptors (Lipinski definition) is 1. The summed E-state index contributed by atoms with van der Waals surface area (Å²) in [5, 5.41) is 0. The summed E-state index contributed by atoms with van der Waals surface area (Å²) in [5.41, 5.74) is 3.03. The Kier molecular flexibility index (Phi) is 2.17. The Morgan fingerprint density at radius 3 is 2.56 bits per heavy atom. The van der Waals surface area contributed by atoms with Crippen molar-refractivity contribution in [3.63, 3.8) is 0 Å². The molecule has 2 atom stereocenters. The molecule has 0 bridgehead atoms. The van der Waals surface area contributed by atoms with Gasteiger partial charge in [-0.3, -0.25) is 0 Å². The Morgan fingerprint density at radius 1 is 1.31 bits per heavy atom. The summed E-state index contributed by atoms with van der Waals surface area (Å²) in [6.45, 7) is 2.18. The number of aldehydes is 1. The molecule has 3 rings (SSSR count). The van der Waals surface area contributed by atoms with E-state index in [1.165, 1.54) is 36.7 Å². The van der Waals surface area contributed by atoms with E-state index >= 15 is 0 Å². The minimum atomic E-state index is 0.228. The lowest BCUT2D eigenvalue weighted by molar-refractivity contribution is -0.109. The van der Waals surface area contributed by atoms with Gasteiger partial charge in [-0.2, -0.15) is 0 Å². The van der Waals surface area contributed by atoms with E-state index in [2.05, 4.69) is 31.2 Å². The lowest BCUT2D eigenvalue weighted by atomic mass is 9.68. The molecule has 0 radical (unpaired) electrons. The number of carbonyl (C=O) groups is 1. The van der Waals surface area contributed by atoms with E-state index in [-0.39, 0.29) is 5.41 Å². The molecule has 0 aromatic heterocycles. The van der Waals surface area contributed by atoms with Crippen LogP contribution in [0.5, 0.6) is 0 Å². The maximum absolute atomic E-state index is 11.1. The summed E-state index contributed by atoms with van der Waals surface area (Å²) in [7, 11) is 0. The monoisotopic (exact) mass is 214 g/mol. The number of rotatable bonds is 3. The zero-order chi connectivity index (χ0) is 11.2. The molecule has 1 nitrogen and oxygen atoms in total. The summed E-state index contributed by atoms with van der Waals surface area (Å²) >= 11 is 0. The summed E-state index contributed by atoms with van der Waals surface area (Å²) in [6, 6.07) is 8.61. The minimum Gasteiger partial charge on any atom is -0.303 e. The Morgan fingerprint density at radius 2 is 2.06 bits per heavy atom. The van der Waals surface area contributed by atoms with Gasteiger partial charge in [0, 0.05) is 11.3 Å². The second-order valence-corrected chi connectivity index (χ2v) is 5.43. The van der Waals surface area contributed by atoms with Crippen molar-refractivity contribution in [2.75, 3.05) is 0 Å². The second kappa shape index (κ2) is 3.44.